The maximum Gasteiger partial charge on any atom is 0.260 e. The predicted octanol–water partition coefficient (Wildman–Crippen LogP) is 3.93. The first-order valence-electron chi connectivity index (χ1n) is 10.9. The number of methoxy groups -OCH3 is 1. The Hall–Kier alpha value is -2.24. The zero-order valence-corrected chi connectivity index (χ0v) is 18.1. The Morgan fingerprint density at radius 2 is 1.90 bits per heavy atom. The second-order valence-electron chi connectivity index (χ2n) is 7.68. The van der Waals surface area contributed by atoms with E-state index in [1.807, 2.05) is 12.1 Å². The summed E-state index contributed by atoms with van der Waals surface area (Å²) in [5.41, 5.74) is 0. The van der Waals surface area contributed by atoms with E-state index in [1.54, 1.807) is 24.1 Å². The van der Waals surface area contributed by atoms with Crippen LogP contribution in [-0.2, 0) is 9.59 Å². The highest BCUT2D eigenvalue weighted by Crippen LogP contribution is 2.28. The maximum absolute atomic E-state index is 12.7. The Balaban J connectivity index is 1.80. The van der Waals surface area contributed by atoms with Crippen LogP contribution in [0.1, 0.15) is 65.2 Å². The minimum Gasteiger partial charge on any atom is -0.493 e. The van der Waals surface area contributed by atoms with E-state index < -0.39 is 0 Å². The van der Waals surface area contributed by atoms with Gasteiger partial charge >= 0.3 is 0 Å². The molecular weight excluding hydrogens is 368 g/mol. The summed E-state index contributed by atoms with van der Waals surface area (Å²) in [7, 11) is 1.57. The molecule has 0 spiro atoms. The molecule has 1 fully saturated rings. The van der Waals surface area contributed by atoms with E-state index in [2.05, 4.69) is 19.2 Å². The number of rotatable bonds is 14. The molecular formula is C23H36N2O4. The molecule has 1 N–H and O–H groups in total. The Morgan fingerprint density at radius 1 is 1.17 bits per heavy atom. The van der Waals surface area contributed by atoms with Crippen LogP contribution in [-0.4, -0.2) is 49.1 Å². The van der Waals surface area contributed by atoms with Crippen molar-refractivity contribution in [2.24, 2.45) is 0 Å². The van der Waals surface area contributed by atoms with E-state index in [0.29, 0.717) is 24.5 Å². The first-order valence-corrected chi connectivity index (χ1v) is 10.9. The second-order valence-corrected chi connectivity index (χ2v) is 7.68. The Bertz CT molecular complexity index is 646. The summed E-state index contributed by atoms with van der Waals surface area (Å²) in [6, 6.07) is 7.75. The molecule has 1 atom stereocenters. The zero-order valence-electron chi connectivity index (χ0n) is 18.1. The quantitative estimate of drug-likeness (QED) is 0.477. The van der Waals surface area contributed by atoms with Gasteiger partial charge in [-0.2, -0.15) is 0 Å². The molecule has 1 aromatic rings. The number of nitrogens with one attached hydrogen (secondary N) is 1. The van der Waals surface area contributed by atoms with Crippen LogP contribution in [0.4, 0.5) is 0 Å². The van der Waals surface area contributed by atoms with Crippen molar-refractivity contribution in [2.45, 2.75) is 77.3 Å². The lowest BCUT2D eigenvalue weighted by Crippen LogP contribution is -2.41. The number of carbonyl (C=O) groups is 2. The van der Waals surface area contributed by atoms with Gasteiger partial charge in [-0.25, -0.2) is 0 Å². The molecule has 0 aromatic heterocycles. The molecule has 0 aliphatic heterocycles. The van der Waals surface area contributed by atoms with Gasteiger partial charge in [-0.1, -0.05) is 45.2 Å². The third-order valence-electron chi connectivity index (χ3n) is 5.32. The normalized spacial score (nSPS) is 14.2. The molecule has 1 aliphatic rings. The molecule has 1 aromatic carbocycles. The van der Waals surface area contributed by atoms with E-state index >= 15 is 0 Å². The lowest BCUT2D eigenvalue weighted by molar-refractivity contribution is -0.134. The van der Waals surface area contributed by atoms with E-state index in [-0.39, 0.29) is 30.5 Å². The molecule has 162 valence electrons. The number of para-hydroxylation sites is 2. The molecule has 29 heavy (non-hydrogen) atoms. The van der Waals surface area contributed by atoms with Gasteiger partial charge in [-0.15, -0.1) is 0 Å². The lowest BCUT2D eigenvalue weighted by Gasteiger charge is -2.23. The number of ether oxygens (including phenoxy) is 2. The van der Waals surface area contributed by atoms with Gasteiger partial charge in [0.1, 0.15) is 0 Å². The molecule has 2 rings (SSSR count). The van der Waals surface area contributed by atoms with Gasteiger partial charge in [-0.05, 0) is 37.8 Å². The number of hydrogen-bond acceptors (Lipinski definition) is 4. The molecule has 0 saturated heterocycles. The Morgan fingerprint density at radius 3 is 2.52 bits per heavy atom. The fourth-order valence-electron chi connectivity index (χ4n) is 3.40. The summed E-state index contributed by atoms with van der Waals surface area (Å²) >= 11 is 0. The van der Waals surface area contributed by atoms with Crippen LogP contribution in [0.2, 0.25) is 0 Å². The fraction of sp³-hybridized carbons (Fsp3) is 0.652. The third-order valence-corrected chi connectivity index (χ3v) is 5.32. The van der Waals surface area contributed by atoms with Crippen molar-refractivity contribution in [3.05, 3.63) is 24.3 Å². The molecule has 1 aliphatic carbocycles. The zero-order chi connectivity index (χ0) is 21.1. The van der Waals surface area contributed by atoms with Crippen LogP contribution in [0.5, 0.6) is 11.5 Å². The number of benzene rings is 1. The van der Waals surface area contributed by atoms with Crippen molar-refractivity contribution in [1.82, 2.24) is 10.2 Å². The Labute approximate surface area is 174 Å². The van der Waals surface area contributed by atoms with Crippen molar-refractivity contribution < 1.29 is 19.1 Å². The highest BCUT2D eigenvalue weighted by Gasteiger charge is 2.33. The van der Waals surface area contributed by atoms with Crippen LogP contribution in [0.3, 0.4) is 0 Å². The summed E-state index contributed by atoms with van der Waals surface area (Å²) < 4.78 is 10.9. The van der Waals surface area contributed by atoms with Gasteiger partial charge in [0.25, 0.3) is 5.91 Å². The monoisotopic (exact) mass is 404 g/mol. The first-order chi connectivity index (χ1) is 14.1. The van der Waals surface area contributed by atoms with E-state index in [9.17, 15) is 9.59 Å². The van der Waals surface area contributed by atoms with E-state index in [4.69, 9.17) is 9.47 Å². The molecule has 0 radical (unpaired) electrons. The molecule has 0 heterocycles. The molecule has 0 bridgehead atoms. The van der Waals surface area contributed by atoms with Gasteiger partial charge in [0.05, 0.1) is 7.11 Å². The topological polar surface area (TPSA) is 67.9 Å². The predicted molar refractivity (Wildman–Crippen MR) is 114 cm³/mol. The van der Waals surface area contributed by atoms with Crippen LogP contribution in [0, 0.1) is 0 Å². The Kier molecular flexibility index (Phi) is 9.81. The summed E-state index contributed by atoms with van der Waals surface area (Å²) in [5, 5.41) is 3.13. The number of carbonyl (C=O) groups excluding carboxylic acids is 2. The highest BCUT2D eigenvalue weighted by atomic mass is 16.5. The van der Waals surface area contributed by atoms with E-state index in [1.165, 1.54) is 12.8 Å². The van der Waals surface area contributed by atoms with Crippen LogP contribution in [0.15, 0.2) is 24.3 Å². The third kappa shape index (κ3) is 7.95. The summed E-state index contributed by atoms with van der Waals surface area (Å²) in [4.78, 5) is 26.9. The number of amides is 2. The van der Waals surface area contributed by atoms with Crippen molar-refractivity contribution in [3.63, 3.8) is 0 Å². The minimum atomic E-state index is -0.0822. The van der Waals surface area contributed by atoms with Crippen LogP contribution in [0.25, 0.3) is 0 Å². The molecule has 2 amide bonds. The number of hydrogen-bond donors (Lipinski definition) is 1. The van der Waals surface area contributed by atoms with Gasteiger partial charge in [0.2, 0.25) is 5.91 Å². The summed E-state index contributed by atoms with van der Waals surface area (Å²) in [6.07, 6.45) is 7.81. The minimum absolute atomic E-state index is 0.0254. The lowest BCUT2D eigenvalue weighted by atomic mass is 10.1. The van der Waals surface area contributed by atoms with Crippen molar-refractivity contribution in [3.8, 4) is 11.5 Å². The summed E-state index contributed by atoms with van der Waals surface area (Å²) in [5.74, 6) is 1.10. The molecule has 1 saturated carbocycles. The summed E-state index contributed by atoms with van der Waals surface area (Å²) in [6.45, 7) is 4.68. The standard InChI is InChI=1S/C23H36N2O4/c1-4-6-7-10-18(5-2)24-22(26)15-16-25(19-13-14-19)23(27)17-29-21-12-9-8-11-20(21)28-3/h8-9,11-12,18-19H,4-7,10,13-17H2,1-3H3,(H,24,26). The van der Waals surface area contributed by atoms with Crippen molar-refractivity contribution in [1.29, 1.82) is 0 Å². The van der Waals surface area contributed by atoms with Crippen molar-refractivity contribution in [2.75, 3.05) is 20.3 Å². The van der Waals surface area contributed by atoms with E-state index in [0.717, 1.165) is 32.1 Å². The van der Waals surface area contributed by atoms with Gasteiger partial charge < -0.3 is 19.7 Å². The average molecular weight is 405 g/mol. The largest absolute Gasteiger partial charge is 0.493 e. The SMILES string of the molecule is CCCCCC(CC)NC(=O)CCN(C(=O)COc1ccccc1OC)C1CC1. The average Bonchev–Trinajstić information content (AvgIpc) is 3.57. The second kappa shape index (κ2) is 12.3. The maximum atomic E-state index is 12.7. The van der Waals surface area contributed by atoms with Gasteiger partial charge in [0, 0.05) is 25.0 Å². The number of nitrogens with zero attached hydrogens (tertiary/aromatic N) is 1. The van der Waals surface area contributed by atoms with Gasteiger partial charge in [-0.3, -0.25) is 9.59 Å². The molecule has 6 heteroatoms. The van der Waals surface area contributed by atoms with Crippen molar-refractivity contribution >= 4 is 11.8 Å². The van der Waals surface area contributed by atoms with Crippen LogP contribution < -0.4 is 14.8 Å². The smallest absolute Gasteiger partial charge is 0.260 e. The fourth-order valence-corrected chi connectivity index (χ4v) is 3.40. The first kappa shape index (κ1) is 23.0. The number of unbranched alkanes of at least 4 members (excludes halogenated alkanes) is 2. The molecule has 1 unspecified atom stereocenters. The van der Waals surface area contributed by atoms with Crippen LogP contribution >= 0.6 is 0 Å². The molecule has 6 nitrogen and oxygen atoms in total. The highest BCUT2D eigenvalue weighted by molar-refractivity contribution is 5.80. The van der Waals surface area contributed by atoms with Gasteiger partial charge in [0.15, 0.2) is 18.1 Å².